The van der Waals surface area contributed by atoms with Crippen LogP contribution in [0.25, 0.3) is 0 Å². The maximum atomic E-state index is 13.2. The molecule has 3 rings (SSSR count). The van der Waals surface area contributed by atoms with Crippen LogP contribution >= 0.6 is 34.9 Å². The molecule has 2 aliphatic rings. The normalized spacial score (nSPS) is 20.4. The molecule has 3 heterocycles. The van der Waals surface area contributed by atoms with Crippen molar-refractivity contribution in [1.82, 2.24) is 15.2 Å². The van der Waals surface area contributed by atoms with Gasteiger partial charge in [-0.15, -0.1) is 34.9 Å². The third-order valence-electron chi connectivity index (χ3n) is 4.85. The van der Waals surface area contributed by atoms with Crippen LogP contribution in [0.4, 0.5) is 5.13 Å². The zero-order valence-electron chi connectivity index (χ0n) is 20.5. The largest absolute Gasteiger partial charge is 0.477 e. The van der Waals surface area contributed by atoms with Gasteiger partial charge in [-0.05, 0) is 34.0 Å². The average Bonchev–Trinajstić information content (AvgIpc) is 3.28. The Kier molecular flexibility index (Phi) is 8.86. The van der Waals surface area contributed by atoms with Gasteiger partial charge in [0.05, 0.1) is 0 Å². The molecule has 2 unspecified atom stereocenters. The summed E-state index contributed by atoms with van der Waals surface area (Å²) in [5, 5.41) is 19.3. The number of esters is 1. The first-order chi connectivity index (χ1) is 17.4. The third-order valence-corrected chi connectivity index (χ3v) is 7.92. The van der Waals surface area contributed by atoms with Gasteiger partial charge in [-0.25, -0.2) is 14.6 Å². The van der Waals surface area contributed by atoms with E-state index in [2.05, 4.69) is 20.8 Å². The Morgan fingerprint density at radius 1 is 1.38 bits per heavy atom. The number of aliphatic carboxylic acids is 1. The number of carbonyl (C=O) groups excluding carboxylic acids is 4. The van der Waals surface area contributed by atoms with Gasteiger partial charge in [0, 0.05) is 16.0 Å². The first kappa shape index (κ1) is 28.5. The van der Waals surface area contributed by atoms with Crippen LogP contribution < -0.4 is 10.6 Å². The van der Waals surface area contributed by atoms with Crippen molar-refractivity contribution in [2.24, 2.45) is 5.16 Å². The zero-order chi connectivity index (χ0) is 27.5. The number of carboxylic acids is 1. The highest BCUT2D eigenvalue weighted by atomic mass is 32.2. The molecule has 0 radical (unpaired) electrons. The Labute approximate surface area is 224 Å². The van der Waals surface area contributed by atoms with E-state index in [1.54, 1.807) is 27.0 Å². The summed E-state index contributed by atoms with van der Waals surface area (Å²) in [6, 6.07) is -1.02. The fourth-order valence-electron chi connectivity index (χ4n) is 3.22. The number of amides is 3. The molecule has 200 valence electrons. The Hall–Kier alpha value is -3.11. The van der Waals surface area contributed by atoms with E-state index in [0.717, 1.165) is 16.2 Å². The molecule has 13 nitrogen and oxygen atoms in total. The van der Waals surface area contributed by atoms with Crippen LogP contribution in [0.3, 0.4) is 0 Å². The Balaban J connectivity index is 1.82. The van der Waals surface area contributed by atoms with E-state index in [4.69, 9.17) is 9.57 Å². The van der Waals surface area contributed by atoms with E-state index < -0.39 is 46.9 Å². The molecule has 0 spiro atoms. The molecule has 1 aromatic heterocycles. The summed E-state index contributed by atoms with van der Waals surface area (Å²) in [5.41, 5.74) is -1.19. The van der Waals surface area contributed by atoms with E-state index in [0.29, 0.717) is 17.1 Å². The van der Waals surface area contributed by atoms with Gasteiger partial charge >= 0.3 is 11.9 Å². The van der Waals surface area contributed by atoms with Gasteiger partial charge in [0.2, 0.25) is 12.5 Å². The van der Waals surface area contributed by atoms with Gasteiger partial charge in [0.25, 0.3) is 11.8 Å². The second-order valence-electron chi connectivity index (χ2n) is 8.66. The lowest BCUT2D eigenvalue weighted by molar-refractivity contribution is -0.167. The van der Waals surface area contributed by atoms with Crippen LogP contribution in [0.1, 0.15) is 33.4 Å². The molecule has 2 aliphatic heterocycles. The molecular formula is C21H25N5O8S3. The molecule has 0 aliphatic carbocycles. The van der Waals surface area contributed by atoms with Crippen LogP contribution in [0.5, 0.6) is 0 Å². The molecule has 0 saturated carbocycles. The number of carboxylic acid groups (broad SMARTS) is 1. The van der Waals surface area contributed by atoms with E-state index in [1.807, 2.05) is 0 Å². The van der Waals surface area contributed by atoms with Crippen molar-refractivity contribution >= 4 is 75.9 Å². The SMILES string of the molecule is CSC1=C(C(=O)O)N2C(=O)C(NC(=O)C(=NOC(C)C(=O)OC(C)(C)C)c3csc(NC=O)n3)[C@@H]2SC1. The second kappa shape index (κ2) is 11.5. The number of ether oxygens (including phenoxy) is 1. The van der Waals surface area contributed by atoms with Crippen molar-refractivity contribution < 1.29 is 38.7 Å². The molecule has 37 heavy (non-hydrogen) atoms. The number of rotatable bonds is 10. The van der Waals surface area contributed by atoms with Crippen LogP contribution in [0.15, 0.2) is 21.1 Å². The lowest BCUT2D eigenvalue weighted by Crippen LogP contribution is -2.71. The Bertz CT molecular complexity index is 1180. The number of hydrogen-bond acceptors (Lipinski definition) is 12. The molecule has 3 amide bonds. The van der Waals surface area contributed by atoms with E-state index in [1.165, 1.54) is 35.8 Å². The van der Waals surface area contributed by atoms with Crippen molar-refractivity contribution in [2.45, 2.75) is 50.8 Å². The van der Waals surface area contributed by atoms with E-state index in [-0.39, 0.29) is 22.2 Å². The average molecular weight is 572 g/mol. The number of aromatic nitrogens is 1. The second-order valence-corrected chi connectivity index (χ2v) is 11.5. The summed E-state index contributed by atoms with van der Waals surface area (Å²) in [5.74, 6) is -2.99. The monoisotopic (exact) mass is 571 g/mol. The highest BCUT2D eigenvalue weighted by molar-refractivity contribution is 8.05. The van der Waals surface area contributed by atoms with Crippen LogP contribution in [-0.2, 0) is 33.5 Å². The summed E-state index contributed by atoms with van der Waals surface area (Å²) < 4.78 is 5.24. The highest BCUT2D eigenvalue weighted by Gasteiger charge is 2.54. The number of fused-ring (bicyclic) bond motifs is 1. The minimum atomic E-state index is -1.22. The summed E-state index contributed by atoms with van der Waals surface area (Å²) in [6.45, 7) is 6.45. The summed E-state index contributed by atoms with van der Waals surface area (Å²) in [7, 11) is 0. The van der Waals surface area contributed by atoms with Crippen LogP contribution in [-0.4, -0.2) is 86.0 Å². The summed E-state index contributed by atoms with van der Waals surface area (Å²) in [4.78, 5) is 71.9. The highest BCUT2D eigenvalue weighted by Crippen LogP contribution is 2.42. The summed E-state index contributed by atoms with van der Waals surface area (Å²) >= 11 is 3.59. The van der Waals surface area contributed by atoms with Gasteiger partial charge in [0.15, 0.2) is 10.8 Å². The van der Waals surface area contributed by atoms with Crippen LogP contribution in [0, 0.1) is 0 Å². The smallest absolute Gasteiger partial charge is 0.353 e. The number of carbonyl (C=O) groups is 5. The number of β-lactam (4-membered cyclic amide) rings is 1. The molecule has 1 saturated heterocycles. The molecular weight excluding hydrogens is 546 g/mol. The van der Waals surface area contributed by atoms with Crippen molar-refractivity contribution in [2.75, 3.05) is 17.3 Å². The molecule has 0 bridgehead atoms. The first-order valence-corrected chi connectivity index (χ1v) is 13.9. The number of hydrogen-bond donors (Lipinski definition) is 3. The number of thioether (sulfide) groups is 2. The standard InChI is InChI=1S/C21H25N5O8S3/c1-9(19(32)33-21(2,3)4)34-25-12(10-6-37-20(23-10)22-8-27)15(28)24-13-16(29)26-14(18(30)31)11(35-5)7-36-17(13)26/h6,8-9,13,17H,7H2,1-5H3,(H,24,28)(H,30,31)(H,22,23,27)/t9?,13?,17-/m0/s1. The van der Waals surface area contributed by atoms with Gasteiger partial charge < -0.3 is 25.3 Å². The number of anilines is 1. The van der Waals surface area contributed by atoms with Crippen molar-refractivity contribution in [3.63, 3.8) is 0 Å². The Morgan fingerprint density at radius 3 is 2.68 bits per heavy atom. The number of oxime groups is 1. The van der Waals surface area contributed by atoms with Crippen molar-refractivity contribution in [3.8, 4) is 0 Å². The van der Waals surface area contributed by atoms with Gasteiger partial charge in [-0.3, -0.25) is 19.3 Å². The lowest BCUT2D eigenvalue weighted by atomic mass is 10.0. The number of nitrogens with one attached hydrogen (secondary N) is 2. The zero-order valence-corrected chi connectivity index (χ0v) is 22.9. The molecule has 16 heteroatoms. The fourth-order valence-corrected chi connectivity index (χ4v) is 6.12. The van der Waals surface area contributed by atoms with E-state index >= 15 is 0 Å². The molecule has 1 fully saturated rings. The minimum Gasteiger partial charge on any atom is -0.477 e. The third kappa shape index (κ3) is 6.42. The predicted molar refractivity (Wildman–Crippen MR) is 138 cm³/mol. The number of nitrogens with zero attached hydrogens (tertiary/aromatic N) is 3. The maximum Gasteiger partial charge on any atom is 0.353 e. The fraction of sp³-hybridized carbons (Fsp3) is 0.476. The van der Waals surface area contributed by atoms with Gasteiger partial charge in [-0.2, -0.15) is 0 Å². The van der Waals surface area contributed by atoms with Gasteiger partial charge in [-0.1, -0.05) is 5.16 Å². The minimum absolute atomic E-state index is 0.0268. The topological polar surface area (TPSA) is 177 Å². The first-order valence-electron chi connectivity index (χ1n) is 10.8. The Morgan fingerprint density at radius 2 is 2.08 bits per heavy atom. The van der Waals surface area contributed by atoms with Crippen molar-refractivity contribution in [3.05, 3.63) is 21.7 Å². The predicted octanol–water partition coefficient (Wildman–Crippen LogP) is 1.22. The van der Waals surface area contributed by atoms with Crippen LogP contribution in [0.2, 0.25) is 0 Å². The molecule has 1 aromatic rings. The molecule has 3 atom stereocenters. The quantitative estimate of drug-likeness (QED) is 0.121. The van der Waals surface area contributed by atoms with Gasteiger partial charge in [0.1, 0.15) is 28.4 Å². The lowest BCUT2D eigenvalue weighted by Gasteiger charge is -2.49. The number of thiazole rings is 1. The van der Waals surface area contributed by atoms with E-state index in [9.17, 15) is 29.1 Å². The molecule has 0 aromatic carbocycles. The molecule has 3 N–H and O–H groups in total. The van der Waals surface area contributed by atoms with Crippen molar-refractivity contribution in [1.29, 1.82) is 0 Å². The maximum absolute atomic E-state index is 13.2. The summed E-state index contributed by atoms with van der Waals surface area (Å²) in [6.07, 6.45) is 0.973.